The first-order valence-electron chi connectivity index (χ1n) is 8.06. The highest BCUT2D eigenvalue weighted by molar-refractivity contribution is 6.05. The van der Waals surface area contributed by atoms with Crippen LogP contribution in [0.2, 0.25) is 0 Å². The number of fused-ring (bicyclic) bond motifs is 1. The number of hydrogen-bond donors (Lipinski definition) is 3. The molecule has 2 amide bonds. The van der Waals surface area contributed by atoms with Crippen LogP contribution in [0.15, 0.2) is 48.5 Å². The monoisotopic (exact) mass is 337 g/mol. The lowest BCUT2D eigenvalue weighted by molar-refractivity contribution is -0.123. The third-order valence-electron chi connectivity index (χ3n) is 3.94. The van der Waals surface area contributed by atoms with E-state index in [1.165, 1.54) is 6.92 Å². The molecule has 1 heterocycles. The van der Waals surface area contributed by atoms with Gasteiger partial charge in [-0.2, -0.15) is 0 Å². The average Bonchev–Trinajstić information content (AvgIpc) is 2.57. The van der Waals surface area contributed by atoms with E-state index in [-0.39, 0.29) is 30.4 Å². The van der Waals surface area contributed by atoms with Gasteiger partial charge in [0, 0.05) is 25.5 Å². The Morgan fingerprint density at radius 2 is 1.72 bits per heavy atom. The summed E-state index contributed by atoms with van der Waals surface area (Å²) in [7, 11) is 0. The smallest absolute Gasteiger partial charge is 0.247 e. The van der Waals surface area contributed by atoms with Gasteiger partial charge in [0.05, 0.1) is 11.4 Å². The fraction of sp³-hybridized carbons (Fsp3) is 0.211. The highest BCUT2D eigenvalue weighted by Gasteiger charge is 2.27. The summed E-state index contributed by atoms with van der Waals surface area (Å²) < 4.78 is 0. The van der Waals surface area contributed by atoms with Gasteiger partial charge in [0.25, 0.3) is 0 Å². The summed E-state index contributed by atoms with van der Waals surface area (Å²) in [5.41, 5.74) is 3.08. The van der Waals surface area contributed by atoms with Gasteiger partial charge in [0.2, 0.25) is 11.8 Å². The Bertz CT molecular complexity index is 815. The van der Waals surface area contributed by atoms with Crippen molar-refractivity contribution >= 4 is 34.7 Å². The number of para-hydroxylation sites is 2. The minimum absolute atomic E-state index is 0.0284. The maximum Gasteiger partial charge on any atom is 0.247 e. The lowest BCUT2D eigenvalue weighted by Gasteiger charge is -2.26. The molecular formula is C19H19N3O3. The Hall–Kier alpha value is -3.15. The van der Waals surface area contributed by atoms with Crippen molar-refractivity contribution < 1.29 is 14.4 Å². The van der Waals surface area contributed by atoms with Crippen molar-refractivity contribution in [1.82, 2.24) is 0 Å². The Labute approximate surface area is 145 Å². The Morgan fingerprint density at radius 3 is 2.40 bits per heavy atom. The van der Waals surface area contributed by atoms with Gasteiger partial charge >= 0.3 is 0 Å². The number of anilines is 3. The minimum Gasteiger partial charge on any atom is -0.372 e. The molecule has 0 saturated heterocycles. The lowest BCUT2D eigenvalue weighted by atomic mass is 10.0. The zero-order chi connectivity index (χ0) is 17.8. The summed E-state index contributed by atoms with van der Waals surface area (Å²) in [5.74, 6) is -0.370. The molecule has 2 aromatic rings. The summed E-state index contributed by atoms with van der Waals surface area (Å²) in [6, 6.07) is 13.9. The molecule has 0 aromatic heterocycles. The highest BCUT2D eigenvalue weighted by Crippen LogP contribution is 2.26. The van der Waals surface area contributed by atoms with Crippen molar-refractivity contribution in [3.8, 4) is 0 Å². The van der Waals surface area contributed by atoms with Crippen molar-refractivity contribution in [3.05, 3.63) is 54.1 Å². The van der Waals surface area contributed by atoms with Gasteiger partial charge in [0.15, 0.2) is 0 Å². The molecule has 0 unspecified atom stereocenters. The third kappa shape index (κ3) is 4.23. The first kappa shape index (κ1) is 16.7. The zero-order valence-corrected chi connectivity index (χ0v) is 13.8. The van der Waals surface area contributed by atoms with Gasteiger partial charge in [-0.25, -0.2) is 0 Å². The molecule has 0 spiro atoms. The van der Waals surface area contributed by atoms with Crippen LogP contribution in [0, 0.1) is 0 Å². The molecule has 0 radical (unpaired) electrons. The molecule has 0 aliphatic carbocycles. The quantitative estimate of drug-likeness (QED) is 0.782. The molecule has 6 nitrogen and oxygen atoms in total. The first-order chi connectivity index (χ1) is 12.0. The van der Waals surface area contributed by atoms with E-state index in [4.69, 9.17) is 0 Å². The van der Waals surface area contributed by atoms with Crippen LogP contribution in [0.3, 0.4) is 0 Å². The number of carbonyl (C=O) groups excluding carboxylic acids is 3. The molecule has 3 N–H and O–H groups in total. The predicted octanol–water partition coefficient (Wildman–Crippen LogP) is 2.58. The maximum atomic E-state index is 12.3. The van der Waals surface area contributed by atoms with E-state index in [9.17, 15) is 14.4 Å². The second kappa shape index (κ2) is 7.17. The molecule has 3 rings (SSSR count). The Kier molecular flexibility index (Phi) is 4.79. The number of rotatable bonds is 5. The van der Waals surface area contributed by atoms with Crippen molar-refractivity contribution in [2.24, 2.45) is 0 Å². The average molecular weight is 337 g/mol. The van der Waals surface area contributed by atoms with E-state index in [1.54, 1.807) is 24.3 Å². The van der Waals surface area contributed by atoms with Gasteiger partial charge in [-0.3, -0.25) is 14.4 Å². The predicted molar refractivity (Wildman–Crippen MR) is 96.6 cm³/mol. The van der Waals surface area contributed by atoms with Crippen molar-refractivity contribution in [2.75, 3.05) is 16.0 Å². The number of hydrogen-bond acceptors (Lipinski definition) is 4. The van der Waals surface area contributed by atoms with Gasteiger partial charge in [-0.15, -0.1) is 0 Å². The molecule has 6 heteroatoms. The van der Waals surface area contributed by atoms with Crippen LogP contribution in [0.25, 0.3) is 0 Å². The Balaban J connectivity index is 1.59. The second-order valence-electron chi connectivity index (χ2n) is 6.03. The van der Waals surface area contributed by atoms with Gasteiger partial charge in [0.1, 0.15) is 11.8 Å². The van der Waals surface area contributed by atoms with Crippen molar-refractivity contribution in [1.29, 1.82) is 0 Å². The normalized spacial score (nSPS) is 15.6. The SMILES string of the molecule is CC(=O)Nc1ccc(CC(=O)C[C@H]2Nc3ccccc3NC2=O)cc1. The summed E-state index contributed by atoms with van der Waals surface area (Å²) in [5, 5.41) is 8.60. The molecule has 2 aromatic carbocycles. The van der Waals surface area contributed by atoms with Crippen molar-refractivity contribution in [2.45, 2.75) is 25.8 Å². The second-order valence-corrected chi connectivity index (χ2v) is 6.03. The molecule has 0 saturated carbocycles. The molecule has 1 aliphatic heterocycles. The lowest BCUT2D eigenvalue weighted by Crippen LogP contribution is -2.40. The number of ketones is 1. The van der Waals surface area contributed by atoms with Crippen LogP contribution in [-0.2, 0) is 20.8 Å². The van der Waals surface area contributed by atoms with Gasteiger partial charge in [-0.1, -0.05) is 24.3 Å². The summed E-state index contributed by atoms with van der Waals surface area (Å²) in [4.78, 5) is 35.4. The maximum absolute atomic E-state index is 12.3. The number of amides is 2. The molecular weight excluding hydrogens is 318 g/mol. The van der Waals surface area contributed by atoms with Crippen LogP contribution in [0.1, 0.15) is 18.9 Å². The third-order valence-corrected chi connectivity index (χ3v) is 3.94. The van der Waals surface area contributed by atoms with Crippen molar-refractivity contribution in [3.63, 3.8) is 0 Å². The van der Waals surface area contributed by atoms with E-state index in [0.29, 0.717) is 5.69 Å². The first-order valence-corrected chi connectivity index (χ1v) is 8.06. The summed E-state index contributed by atoms with van der Waals surface area (Å²) >= 11 is 0. The molecule has 0 bridgehead atoms. The van der Waals surface area contributed by atoms with Crippen LogP contribution in [0.4, 0.5) is 17.1 Å². The molecule has 0 fully saturated rings. The van der Waals surface area contributed by atoms with Gasteiger partial charge in [-0.05, 0) is 29.8 Å². The number of benzene rings is 2. The minimum atomic E-state index is -0.568. The molecule has 25 heavy (non-hydrogen) atoms. The van der Waals surface area contributed by atoms with Crippen LogP contribution in [0.5, 0.6) is 0 Å². The fourth-order valence-corrected chi connectivity index (χ4v) is 2.77. The number of carbonyl (C=O) groups is 3. The standard InChI is InChI=1S/C19H19N3O3/c1-12(23)20-14-8-6-13(7-9-14)10-15(24)11-18-19(25)22-17-5-3-2-4-16(17)21-18/h2-9,18,21H,10-11H2,1H3,(H,20,23)(H,22,25)/t18-/m1/s1. The number of nitrogens with one attached hydrogen (secondary N) is 3. The highest BCUT2D eigenvalue weighted by atomic mass is 16.2. The summed E-state index contributed by atoms with van der Waals surface area (Å²) in [6.07, 6.45) is 0.362. The topological polar surface area (TPSA) is 87.3 Å². The molecule has 1 atom stereocenters. The molecule has 1 aliphatic rings. The van der Waals surface area contributed by atoms with E-state index in [0.717, 1.165) is 16.9 Å². The van der Waals surface area contributed by atoms with Crippen LogP contribution >= 0.6 is 0 Å². The Morgan fingerprint density at radius 1 is 1.04 bits per heavy atom. The van der Waals surface area contributed by atoms with E-state index in [1.807, 2.05) is 24.3 Å². The van der Waals surface area contributed by atoms with Crippen LogP contribution < -0.4 is 16.0 Å². The molecule has 128 valence electrons. The van der Waals surface area contributed by atoms with Crippen LogP contribution in [-0.4, -0.2) is 23.6 Å². The number of Topliss-reactive ketones (excluding diaryl/α,β-unsaturated/α-hetero) is 1. The largest absolute Gasteiger partial charge is 0.372 e. The van der Waals surface area contributed by atoms with E-state index in [2.05, 4.69) is 16.0 Å². The van der Waals surface area contributed by atoms with E-state index >= 15 is 0 Å². The summed E-state index contributed by atoms with van der Waals surface area (Å²) in [6.45, 7) is 1.44. The van der Waals surface area contributed by atoms with E-state index < -0.39 is 6.04 Å². The fourth-order valence-electron chi connectivity index (χ4n) is 2.77. The zero-order valence-electron chi connectivity index (χ0n) is 13.8. The van der Waals surface area contributed by atoms with Gasteiger partial charge < -0.3 is 16.0 Å².